The van der Waals surface area contributed by atoms with E-state index in [4.69, 9.17) is 4.98 Å². The standard InChI is InChI=1S/C20H24FN3O/c1-23(2)20(25)14-24-12-6-7-15(13-24)18-10-5-11-19(22-18)16-8-3-4-9-17(16)21/h3-5,8-11,15H,6-7,12-14H2,1-2H3/t15-/m0/s1. The van der Waals surface area contributed by atoms with Crippen LogP contribution in [0.2, 0.25) is 0 Å². The fourth-order valence-electron chi connectivity index (χ4n) is 3.27. The second-order valence-corrected chi connectivity index (χ2v) is 6.79. The lowest BCUT2D eigenvalue weighted by Gasteiger charge is -2.32. The summed E-state index contributed by atoms with van der Waals surface area (Å²) >= 11 is 0. The quantitative estimate of drug-likeness (QED) is 0.857. The minimum Gasteiger partial charge on any atom is -0.348 e. The summed E-state index contributed by atoms with van der Waals surface area (Å²) in [4.78, 5) is 20.5. The fraction of sp³-hybridized carbons (Fsp3) is 0.400. The Morgan fingerprint density at radius 1 is 1.24 bits per heavy atom. The van der Waals surface area contributed by atoms with Crippen LogP contribution in [0.1, 0.15) is 24.5 Å². The third-order valence-corrected chi connectivity index (χ3v) is 4.70. The zero-order valence-corrected chi connectivity index (χ0v) is 14.8. The first-order valence-corrected chi connectivity index (χ1v) is 8.69. The average Bonchev–Trinajstić information content (AvgIpc) is 2.62. The highest BCUT2D eigenvalue weighted by molar-refractivity contribution is 5.77. The number of likely N-dealkylation sites (tertiary alicyclic amines) is 1. The molecule has 1 saturated heterocycles. The summed E-state index contributed by atoms with van der Waals surface area (Å²) in [5.74, 6) is 0.137. The van der Waals surface area contributed by atoms with Gasteiger partial charge in [0.2, 0.25) is 5.91 Å². The monoisotopic (exact) mass is 341 g/mol. The van der Waals surface area contributed by atoms with Crippen molar-refractivity contribution in [1.82, 2.24) is 14.8 Å². The number of likely N-dealkylation sites (N-methyl/N-ethyl adjacent to an activating group) is 1. The molecule has 25 heavy (non-hydrogen) atoms. The first-order chi connectivity index (χ1) is 12.0. The molecule has 1 aromatic carbocycles. The molecule has 2 aromatic rings. The van der Waals surface area contributed by atoms with Crippen molar-refractivity contribution in [3.05, 3.63) is 54.0 Å². The number of hydrogen-bond acceptors (Lipinski definition) is 3. The van der Waals surface area contributed by atoms with E-state index in [1.807, 2.05) is 24.3 Å². The van der Waals surface area contributed by atoms with E-state index in [0.717, 1.165) is 31.6 Å². The Labute approximate surface area is 148 Å². The third kappa shape index (κ3) is 4.23. The predicted molar refractivity (Wildman–Crippen MR) is 96.7 cm³/mol. The van der Waals surface area contributed by atoms with Gasteiger partial charge in [0.25, 0.3) is 0 Å². The molecule has 1 aliphatic rings. The highest BCUT2D eigenvalue weighted by atomic mass is 19.1. The first-order valence-electron chi connectivity index (χ1n) is 8.69. The number of nitrogens with zero attached hydrogens (tertiary/aromatic N) is 3. The topological polar surface area (TPSA) is 36.4 Å². The second kappa shape index (κ2) is 7.74. The van der Waals surface area contributed by atoms with Crippen LogP contribution in [0.4, 0.5) is 4.39 Å². The van der Waals surface area contributed by atoms with E-state index < -0.39 is 0 Å². The number of carbonyl (C=O) groups excluding carboxylic acids is 1. The van der Waals surface area contributed by atoms with Crippen LogP contribution >= 0.6 is 0 Å². The Balaban J connectivity index is 1.77. The van der Waals surface area contributed by atoms with Crippen molar-refractivity contribution < 1.29 is 9.18 Å². The number of halogens is 1. The normalized spacial score (nSPS) is 18.1. The second-order valence-electron chi connectivity index (χ2n) is 6.79. The molecule has 0 unspecified atom stereocenters. The van der Waals surface area contributed by atoms with E-state index in [2.05, 4.69) is 4.90 Å². The Bertz CT molecular complexity index is 747. The van der Waals surface area contributed by atoms with Crippen LogP contribution in [0, 0.1) is 5.82 Å². The Hall–Kier alpha value is -2.27. The summed E-state index contributed by atoms with van der Waals surface area (Å²) in [6.07, 6.45) is 2.08. The molecule has 5 heteroatoms. The number of rotatable bonds is 4. The fourth-order valence-corrected chi connectivity index (χ4v) is 3.27. The molecule has 4 nitrogen and oxygen atoms in total. The van der Waals surface area contributed by atoms with E-state index >= 15 is 0 Å². The number of carbonyl (C=O) groups is 1. The average molecular weight is 341 g/mol. The summed E-state index contributed by atoms with van der Waals surface area (Å²) in [5.41, 5.74) is 2.17. The number of piperidine rings is 1. The lowest BCUT2D eigenvalue weighted by atomic mass is 9.93. The summed E-state index contributed by atoms with van der Waals surface area (Å²) in [7, 11) is 3.56. The van der Waals surface area contributed by atoms with Crippen LogP contribution in [0.15, 0.2) is 42.5 Å². The zero-order valence-electron chi connectivity index (χ0n) is 14.8. The maximum absolute atomic E-state index is 14.0. The van der Waals surface area contributed by atoms with Crippen LogP contribution in [0.25, 0.3) is 11.3 Å². The molecule has 0 spiro atoms. The summed E-state index contributed by atoms with van der Waals surface area (Å²) in [6.45, 7) is 2.19. The zero-order chi connectivity index (χ0) is 17.8. The Morgan fingerprint density at radius 2 is 2.04 bits per heavy atom. The van der Waals surface area contributed by atoms with Crippen LogP contribution in [0.5, 0.6) is 0 Å². The summed E-state index contributed by atoms with van der Waals surface area (Å²) in [5, 5.41) is 0. The molecule has 1 aliphatic heterocycles. The van der Waals surface area contributed by atoms with Crippen LogP contribution in [0.3, 0.4) is 0 Å². The van der Waals surface area contributed by atoms with E-state index in [9.17, 15) is 9.18 Å². The molecular weight excluding hydrogens is 317 g/mol. The molecule has 132 valence electrons. The molecule has 1 fully saturated rings. The van der Waals surface area contributed by atoms with Crippen molar-refractivity contribution in [2.75, 3.05) is 33.7 Å². The molecule has 0 N–H and O–H groups in total. The predicted octanol–water partition coefficient (Wildman–Crippen LogP) is 3.16. The first kappa shape index (κ1) is 17.5. The lowest BCUT2D eigenvalue weighted by molar-refractivity contribution is -0.130. The van der Waals surface area contributed by atoms with Gasteiger partial charge < -0.3 is 4.90 Å². The maximum atomic E-state index is 14.0. The molecule has 1 atom stereocenters. The van der Waals surface area contributed by atoms with Gasteiger partial charge in [-0.2, -0.15) is 0 Å². The van der Waals surface area contributed by atoms with Crippen molar-refractivity contribution >= 4 is 5.91 Å². The number of aromatic nitrogens is 1. The minimum absolute atomic E-state index is 0.119. The van der Waals surface area contributed by atoms with Gasteiger partial charge in [-0.3, -0.25) is 14.7 Å². The van der Waals surface area contributed by atoms with Crippen molar-refractivity contribution in [3.8, 4) is 11.3 Å². The largest absolute Gasteiger partial charge is 0.348 e. The van der Waals surface area contributed by atoms with Crippen molar-refractivity contribution in [1.29, 1.82) is 0 Å². The molecule has 0 aliphatic carbocycles. The van der Waals surface area contributed by atoms with E-state index in [1.54, 1.807) is 31.1 Å². The molecule has 0 bridgehead atoms. The van der Waals surface area contributed by atoms with Gasteiger partial charge in [0.1, 0.15) is 5.82 Å². The summed E-state index contributed by atoms with van der Waals surface area (Å²) < 4.78 is 14.0. The molecular formula is C20H24FN3O. The van der Waals surface area contributed by atoms with E-state index in [0.29, 0.717) is 17.8 Å². The molecule has 0 saturated carbocycles. The third-order valence-electron chi connectivity index (χ3n) is 4.70. The van der Waals surface area contributed by atoms with Gasteiger partial charge in [0, 0.05) is 37.8 Å². The SMILES string of the molecule is CN(C)C(=O)CN1CCC[C@H](c2cccc(-c3ccccc3F)n2)C1. The Morgan fingerprint density at radius 3 is 2.80 bits per heavy atom. The molecule has 1 aromatic heterocycles. The maximum Gasteiger partial charge on any atom is 0.236 e. The smallest absolute Gasteiger partial charge is 0.236 e. The van der Waals surface area contributed by atoms with Gasteiger partial charge in [0.05, 0.1) is 12.2 Å². The molecule has 2 heterocycles. The van der Waals surface area contributed by atoms with Crippen molar-refractivity contribution in [2.24, 2.45) is 0 Å². The molecule has 1 amide bonds. The highest BCUT2D eigenvalue weighted by Crippen LogP contribution is 2.28. The summed E-state index contributed by atoms with van der Waals surface area (Å²) in [6, 6.07) is 12.5. The highest BCUT2D eigenvalue weighted by Gasteiger charge is 2.24. The number of pyridine rings is 1. The van der Waals surface area contributed by atoms with Gasteiger partial charge in [-0.25, -0.2) is 4.39 Å². The Kier molecular flexibility index (Phi) is 5.43. The van der Waals surface area contributed by atoms with Gasteiger partial charge in [0.15, 0.2) is 0 Å². The van der Waals surface area contributed by atoms with Gasteiger partial charge >= 0.3 is 0 Å². The molecule has 3 rings (SSSR count). The van der Waals surface area contributed by atoms with Crippen LogP contribution < -0.4 is 0 Å². The van der Waals surface area contributed by atoms with Gasteiger partial charge in [-0.1, -0.05) is 18.2 Å². The van der Waals surface area contributed by atoms with E-state index in [-0.39, 0.29) is 17.6 Å². The van der Waals surface area contributed by atoms with Crippen molar-refractivity contribution in [2.45, 2.75) is 18.8 Å². The number of amides is 1. The van der Waals surface area contributed by atoms with Gasteiger partial charge in [-0.05, 0) is 43.7 Å². The molecule has 0 radical (unpaired) electrons. The number of hydrogen-bond donors (Lipinski definition) is 0. The van der Waals surface area contributed by atoms with Crippen LogP contribution in [-0.4, -0.2) is 54.4 Å². The van der Waals surface area contributed by atoms with Gasteiger partial charge in [-0.15, -0.1) is 0 Å². The van der Waals surface area contributed by atoms with E-state index in [1.165, 1.54) is 6.07 Å². The minimum atomic E-state index is -0.256. The number of benzene rings is 1. The van der Waals surface area contributed by atoms with Crippen molar-refractivity contribution in [3.63, 3.8) is 0 Å². The van der Waals surface area contributed by atoms with Crippen LogP contribution in [-0.2, 0) is 4.79 Å². The lowest BCUT2D eigenvalue weighted by Crippen LogP contribution is -2.41.